The third-order valence-electron chi connectivity index (χ3n) is 2.95. The van der Waals surface area contributed by atoms with Gasteiger partial charge in [-0.05, 0) is 25.3 Å². The number of aryl methyl sites for hydroxylation is 3. The average molecular weight is 230 g/mol. The van der Waals surface area contributed by atoms with E-state index in [4.69, 9.17) is 0 Å². The van der Waals surface area contributed by atoms with Crippen LogP contribution >= 0.6 is 0 Å². The Kier molecular flexibility index (Phi) is 3.59. The molecular formula is C14H18N2O. The van der Waals surface area contributed by atoms with Gasteiger partial charge in [-0.1, -0.05) is 29.8 Å². The van der Waals surface area contributed by atoms with Crippen LogP contribution in [-0.4, -0.2) is 14.7 Å². The summed E-state index contributed by atoms with van der Waals surface area (Å²) in [5.74, 6) is 0.734. The molecule has 1 unspecified atom stereocenters. The number of hydrogen-bond acceptors (Lipinski definition) is 2. The van der Waals surface area contributed by atoms with E-state index in [2.05, 4.69) is 36.2 Å². The molecule has 90 valence electrons. The third-order valence-corrected chi connectivity index (χ3v) is 2.95. The molecule has 1 N–H and O–H groups in total. The Morgan fingerprint density at radius 3 is 2.88 bits per heavy atom. The standard InChI is InChI=1S/C14H18N2O/c1-11-4-3-5-12(10-11)6-7-13(17)14-15-8-9-16(14)2/h3-5,8-10,13,17H,6-7H2,1-2H3. The summed E-state index contributed by atoms with van der Waals surface area (Å²) >= 11 is 0. The van der Waals surface area contributed by atoms with E-state index in [0.29, 0.717) is 6.42 Å². The molecule has 1 aromatic carbocycles. The maximum absolute atomic E-state index is 10.0. The van der Waals surface area contributed by atoms with E-state index < -0.39 is 6.10 Å². The van der Waals surface area contributed by atoms with Crippen LogP contribution in [0.25, 0.3) is 0 Å². The molecule has 0 aliphatic heterocycles. The molecule has 3 nitrogen and oxygen atoms in total. The summed E-state index contributed by atoms with van der Waals surface area (Å²) in [4.78, 5) is 4.16. The van der Waals surface area contributed by atoms with Crippen LogP contribution in [0.3, 0.4) is 0 Å². The predicted molar refractivity (Wildman–Crippen MR) is 67.7 cm³/mol. The minimum absolute atomic E-state index is 0.490. The first-order chi connectivity index (χ1) is 8.16. The highest BCUT2D eigenvalue weighted by atomic mass is 16.3. The minimum atomic E-state index is -0.490. The van der Waals surface area contributed by atoms with Crippen LogP contribution < -0.4 is 0 Å². The van der Waals surface area contributed by atoms with Gasteiger partial charge in [0.15, 0.2) is 0 Å². The molecule has 1 atom stereocenters. The quantitative estimate of drug-likeness (QED) is 0.875. The zero-order valence-electron chi connectivity index (χ0n) is 10.3. The summed E-state index contributed by atoms with van der Waals surface area (Å²) < 4.78 is 1.86. The van der Waals surface area contributed by atoms with Crippen LogP contribution in [0.5, 0.6) is 0 Å². The smallest absolute Gasteiger partial charge is 0.137 e. The molecule has 2 aromatic rings. The van der Waals surface area contributed by atoms with Crippen LogP contribution in [0.1, 0.15) is 29.5 Å². The fourth-order valence-electron chi connectivity index (χ4n) is 2.00. The molecule has 0 amide bonds. The average Bonchev–Trinajstić information content (AvgIpc) is 2.72. The number of imidazole rings is 1. The van der Waals surface area contributed by atoms with Crippen molar-refractivity contribution in [3.63, 3.8) is 0 Å². The Hall–Kier alpha value is -1.61. The first-order valence-electron chi connectivity index (χ1n) is 5.87. The molecule has 0 spiro atoms. The molecule has 0 bridgehead atoms. The van der Waals surface area contributed by atoms with Gasteiger partial charge in [0.2, 0.25) is 0 Å². The van der Waals surface area contributed by atoms with E-state index in [1.54, 1.807) is 6.20 Å². The van der Waals surface area contributed by atoms with Crippen molar-refractivity contribution >= 4 is 0 Å². The molecule has 1 heterocycles. The number of hydrogen-bond donors (Lipinski definition) is 1. The van der Waals surface area contributed by atoms with E-state index in [9.17, 15) is 5.11 Å². The SMILES string of the molecule is Cc1cccc(CCC(O)c2nccn2C)c1. The molecule has 2 rings (SSSR count). The lowest BCUT2D eigenvalue weighted by molar-refractivity contribution is 0.154. The molecule has 17 heavy (non-hydrogen) atoms. The van der Waals surface area contributed by atoms with Crippen molar-refractivity contribution in [2.45, 2.75) is 25.9 Å². The highest BCUT2D eigenvalue weighted by Gasteiger charge is 2.11. The topological polar surface area (TPSA) is 38.1 Å². The van der Waals surface area contributed by atoms with Gasteiger partial charge in [0.25, 0.3) is 0 Å². The van der Waals surface area contributed by atoms with E-state index >= 15 is 0 Å². The fourth-order valence-corrected chi connectivity index (χ4v) is 2.00. The Morgan fingerprint density at radius 2 is 2.24 bits per heavy atom. The molecule has 1 aromatic heterocycles. The second-order valence-electron chi connectivity index (χ2n) is 4.44. The van der Waals surface area contributed by atoms with E-state index in [1.165, 1.54) is 11.1 Å². The summed E-state index contributed by atoms with van der Waals surface area (Å²) in [6.45, 7) is 2.08. The van der Waals surface area contributed by atoms with Crippen LogP contribution in [0.2, 0.25) is 0 Å². The number of aromatic nitrogens is 2. The Bertz CT molecular complexity index is 490. The molecular weight excluding hydrogens is 212 g/mol. The summed E-state index contributed by atoms with van der Waals surface area (Å²) in [5.41, 5.74) is 2.52. The molecule has 0 aliphatic rings. The van der Waals surface area contributed by atoms with Gasteiger partial charge in [0, 0.05) is 19.4 Å². The lowest BCUT2D eigenvalue weighted by Crippen LogP contribution is -2.06. The lowest BCUT2D eigenvalue weighted by Gasteiger charge is -2.10. The maximum Gasteiger partial charge on any atom is 0.137 e. The maximum atomic E-state index is 10.0. The molecule has 0 radical (unpaired) electrons. The van der Waals surface area contributed by atoms with Crippen LogP contribution in [0.15, 0.2) is 36.7 Å². The van der Waals surface area contributed by atoms with Gasteiger partial charge in [-0.2, -0.15) is 0 Å². The third kappa shape index (κ3) is 2.94. The number of benzene rings is 1. The Labute approximate surface area is 102 Å². The lowest BCUT2D eigenvalue weighted by atomic mass is 10.0. The Balaban J connectivity index is 1.97. The van der Waals surface area contributed by atoms with Crippen molar-refractivity contribution in [3.05, 3.63) is 53.6 Å². The summed E-state index contributed by atoms with van der Waals surface area (Å²) in [5, 5.41) is 10.0. The number of aliphatic hydroxyl groups is 1. The van der Waals surface area contributed by atoms with Gasteiger partial charge in [-0.3, -0.25) is 0 Å². The van der Waals surface area contributed by atoms with Crippen LogP contribution in [0.4, 0.5) is 0 Å². The van der Waals surface area contributed by atoms with Crippen molar-refractivity contribution < 1.29 is 5.11 Å². The predicted octanol–water partition coefficient (Wildman–Crippen LogP) is 2.39. The largest absolute Gasteiger partial charge is 0.385 e. The molecule has 3 heteroatoms. The monoisotopic (exact) mass is 230 g/mol. The van der Waals surface area contributed by atoms with Crippen molar-refractivity contribution in [1.82, 2.24) is 9.55 Å². The Morgan fingerprint density at radius 1 is 1.41 bits per heavy atom. The van der Waals surface area contributed by atoms with Crippen molar-refractivity contribution in [2.24, 2.45) is 7.05 Å². The first kappa shape index (κ1) is 11.9. The van der Waals surface area contributed by atoms with Gasteiger partial charge in [0.1, 0.15) is 11.9 Å². The van der Waals surface area contributed by atoms with E-state index in [0.717, 1.165) is 12.2 Å². The van der Waals surface area contributed by atoms with E-state index in [-0.39, 0.29) is 0 Å². The number of aliphatic hydroxyl groups excluding tert-OH is 1. The van der Waals surface area contributed by atoms with Crippen molar-refractivity contribution in [2.75, 3.05) is 0 Å². The van der Waals surface area contributed by atoms with Crippen molar-refractivity contribution in [1.29, 1.82) is 0 Å². The van der Waals surface area contributed by atoms with E-state index in [1.807, 2.05) is 17.8 Å². The van der Waals surface area contributed by atoms with Gasteiger partial charge < -0.3 is 9.67 Å². The molecule has 0 saturated carbocycles. The second kappa shape index (κ2) is 5.15. The van der Waals surface area contributed by atoms with Gasteiger partial charge in [-0.25, -0.2) is 4.98 Å². The number of nitrogens with zero attached hydrogens (tertiary/aromatic N) is 2. The highest BCUT2D eigenvalue weighted by molar-refractivity contribution is 5.22. The molecule has 0 fully saturated rings. The normalized spacial score (nSPS) is 12.6. The fraction of sp³-hybridized carbons (Fsp3) is 0.357. The van der Waals surface area contributed by atoms with Crippen LogP contribution in [-0.2, 0) is 13.5 Å². The van der Waals surface area contributed by atoms with Gasteiger partial charge in [0.05, 0.1) is 0 Å². The van der Waals surface area contributed by atoms with Crippen molar-refractivity contribution in [3.8, 4) is 0 Å². The van der Waals surface area contributed by atoms with Crippen LogP contribution in [0, 0.1) is 6.92 Å². The molecule has 0 aliphatic carbocycles. The van der Waals surface area contributed by atoms with Gasteiger partial charge in [-0.15, -0.1) is 0 Å². The summed E-state index contributed by atoms with van der Waals surface area (Å²) in [7, 11) is 1.90. The molecule has 0 saturated heterocycles. The summed E-state index contributed by atoms with van der Waals surface area (Å²) in [6, 6.07) is 8.39. The second-order valence-corrected chi connectivity index (χ2v) is 4.44. The highest BCUT2D eigenvalue weighted by Crippen LogP contribution is 2.17. The van der Waals surface area contributed by atoms with Gasteiger partial charge >= 0.3 is 0 Å². The summed E-state index contributed by atoms with van der Waals surface area (Å²) in [6.07, 6.45) is 4.65. The zero-order chi connectivity index (χ0) is 12.3. The minimum Gasteiger partial charge on any atom is -0.385 e. The first-order valence-corrected chi connectivity index (χ1v) is 5.87. The number of rotatable bonds is 4. The zero-order valence-corrected chi connectivity index (χ0v) is 10.3.